The molecule has 0 aromatic heterocycles. The van der Waals surface area contributed by atoms with Gasteiger partial charge < -0.3 is 14.6 Å². The van der Waals surface area contributed by atoms with Gasteiger partial charge in [-0.05, 0) is 51.4 Å². The van der Waals surface area contributed by atoms with Gasteiger partial charge in [0.25, 0.3) is 0 Å². The summed E-state index contributed by atoms with van der Waals surface area (Å²) < 4.78 is 10.8. The van der Waals surface area contributed by atoms with Gasteiger partial charge in [0.05, 0.1) is 6.61 Å². The van der Waals surface area contributed by atoms with Gasteiger partial charge in [0, 0.05) is 12.8 Å². The predicted octanol–water partition coefficient (Wildman–Crippen LogP) is 28.2. The molecule has 88 heavy (non-hydrogen) atoms. The Bertz CT molecular complexity index is 1450. The van der Waals surface area contributed by atoms with Crippen LogP contribution in [0.1, 0.15) is 450 Å². The Balaban J connectivity index is 3.35. The van der Waals surface area contributed by atoms with E-state index in [2.05, 4.69) is 62.5 Å². The molecule has 0 radical (unpaired) electrons. The lowest BCUT2D eigenvalue weighted by molar-refractivity contribution is -0.161. The van der Waals surface area contributed by atoms with Crippen LogP contribution < -0.4 is 0 Å². The van der Waals surface area contributed by atoms with Gasteiger partial charge in [-0.3, -0.25) is 9.59 Å². The molecule has 0 rings (SSSR count). The van der Waals surface area contributed by atoms with Crippen LogP contribution in [0.5, 0.6) is 0 Å². The number of allylic oxidation sites excluding steroid dienone is 8. The summed E-state index contributed by atoms with van der Waals surface area (Å²) in [5.41, 5.74) is 0. The second-order valence-corrected chi connectivity index (χ2v) is 27.5. The summed E-state index contributed by atoms with van der Waals surface area (Å²) in [6.07, 6.45) is 108. The van der Waals surface area contributed by atoms with Crippen molar-refractivity contribution in [3.05, 3.63) is 48.6 Å². The molecular weight excluding hydrogens is 1080 g/mol. The van der Waals surface area contributed by atoms with Crippen molar-refractivity contribution in [1.29, 1.82) is 0 Å². The van der Waals surface area contributed by atoms with Crippen molar-refractivity contribution < 1.29 is 24.2 Å². The third-order valence-corrected chi connectivity index (χ3v) is 18.6. The van der Waals surface area contributed by atoms with E-state index in [1.165, 1.54) is 366 Å². The maximum Gasteiger partial charge on any atom is 0.306 e. The second kappa shape index (κ2) is 79.1. The topological polar surface area (TPSA) is 72.8 Å². The Morgan fingerprint density at radius 3 is 0.739 bits per heavy atom. The van der Waals surface area contributed by atoms with Crippen molar-refractivity contribution in [1.82, 2.24) is 0 Å². The number of aliphatic hydroxyl groups is 1. The van der Waals surface area contributed by atoms with Crippen molar-refractivity contribution >= 4 is 11.9 Å². The van der Waals surface area contributed by atoms with Gasteiger partial charge in [-0.15, -0.1) is 0 Å². The molecule has 518 valence electrons. The minimum absolute atomic E-state index is 0.0582. The van der Waals surface area contributed by atoms with Crippen LogP contribution in [0.4, 0.5) is 0 Å². The van der Waals surface area contributed by atoms with Crippen LogP contribution in [0.3, 0.4) is 0 Å². The van der Waals surface area contributed by atoms with E-state index in [0.717, 1.165) is 57.8 Å². The Morgan fingerprint density at radius 1 is 0.273 bits per heavy atom. The lowest BCUT2D eigenvalue weighted by atomic mass is 10.0. The summed E-state index contributed by atoms with van der Waals surface area (Å²) in [7, 11) is 0. The minimum atomic E-state index is -0.770. The highest BCUT2D eigenvalue weighted by Gasteiger charge is 2.16. The van der Waals surface area contributed by atoms with Crippen molar-refractivity contribution in [2.24, 2.45) is 0 Å². The third-order valence-electron chi connectivity index (χ3n) is 18.6. The molecular formula is C83H156O5. The quantitative estimate of drug-likeness (QED) is 0.0373. The zero-order chi connectivity index (χ0) is 63.3. The maximum atomic E-state index is 12.4. The lowest BCUT2D eigenvalue weighted by Crippen LogP contribution is -2.28. The fourth-order valence-electron chi connectivity index (χ4n) is 12.7. The number of hydrogen-bond donors (Lipinski definition) is 1. The first kappa shape index (κ1) is 85.9. The van der Waals surface area contributed by atoms with E-state index in [0.29, 0.717) is 12.8 Å². The number of carbonyl (C=O) groups excluding carboxylic acids is 2. The summed E-state index contributed by atoms with van der Waals surface area (Å²) in [5.74, 6) is -0.561. The number of esters is 2. The molecule has 0 amide bonds. The zero-order valence-electron chi connectivity index (χ0n) is 59.8. The Kier molecular flexibility index (Phi) is 77.2. The first-order valence-corrected chi connectivity index (χ1v) is 40.2. The molecule has 0 aliphatic carbocycles. The SMILES string of the molecule is CC/C=C\C/C=C\C/C=C\C/C=C\CCCCCCCCCCCCCCCCCCCCCCCCCCC(=O)OC(CO)COC(=O)CCCCCCCCCCCCCCCCCCCCCCCCCCCCCCCCCCCCCCC. The molecule has 0 saturated carbocycles. The highest BCUT2D eigenvalue weighted by molar-refractivity contribution is 5.70. The third kappa shape index (κ3) is 76.3. The van der Waals surface area contributed by atoms with Crippen molar-refractivity contribution in [2.75, 3.05) is 13.2 Å². The van der Waals surface area contributed by atoms with Crippen LogP contribution in [-0.2, 0) is 19.1 Å². The molecule has 0 bridgehead atoms. The van der Waals surface area contributed by atoms with Crippen LogP contribution >= 0.6 is 0 Å². The van der Waals surface area contributed by atoms with Crippen molar-refractivity contribution in [3.8, 4) is 0 Å². The molecule has 0 heterocycles. The minimum Gasteiger partial charge on any atom is -0.462 e. The monoisotopic (exact) mass is 1230 g/mol. The van der Waals surface area contributed by atoms with Crippen LogP contribution in [0, 0.1) is 0 Å². The van der Waals surface area contributed by atoms with Crippen LogP contribution in [-0.4, -0.2) is 36.4 Å². The molecule has 0 saturated heterocycles. The summed E-state index contributed by atoms with van der Waals surface area (Å²) in [5, 5.41) is 9.73. The van der Waals surface area contributed by atoms with Gasteiger partial charge in [0.15, 0.2) is 6.10 Å². The number of rotatable bonds is 76. The van der Waals surface area contributed by atoms with Crippen LogP contribution in [0.15, 0.2) is 48.6 Å². The Morgan fingerprint density at radius 2 is 0.489 bits per heavy atom. The van der Waals surface area contributed by atoms with E-state index < -0.39 is 6.10 Å². The van der Waals surface area contributed by atoms with Crippen LogP contribution in [0.25, 0.3) is 0 Å². The van der Waals surface area contributed by atoms with Gasteiger partial charge in [-0.25, -0.2) is 0 Å². The first-order valence-electron chi connectivity index (χ1n) is 40.2. The first-order chi connectivity index (χ1) is 43.6. The average molecular weight is 1230 g/mol. The largest absolute Gasteiger partial charge is 0.462 e. The van der Waals surface area contributed by atoms with E-state index in [1.54, 1.807) is 0 Å². The smallest absolute Gasteiger partial charge is 0.306 e. The number of aliphatic hydroxyl groups excluding tert-OH is 1. The van der Waals surface area contributed by atoms with Crippen molar-refractivity contribution in [3.63, 3.8) is 0 Å². The molecule has 1 N–H and O–H groups in total. The predicted molar refractivity (Wildman–Crippen MR) is 390 cm³/mol. The van der Waals surface area contributed by atoms with Gasteiger partial charge in [0.2, 0.25) is 0 Å². The van der Waals surface area contributed by atoms with Gasteiger partial charge >= 0.3 is 11.9 Å². The summed E-state index contributed by atoms with van der Waals surface area (Å²) in [6, 6.07) is 0. The normalized spacial score (nSPS) is 12.4. The summed E-state index contributed by atoms with van der Waals surface area (Å²) >= 11 is 0. The molecule has 5 nitrogen and oxygen atoms in total. The average Bonchev–Trinajstić information content (AvgIpc) is 3.55. The molecule has 0 aliphatic heterocycles. The number of hydrogen-bond acceptors (Lipinski definition) is 5. The van der Waals surface area contributed by atoms with Gasteiger partial charge in [-0.1, -0.05) is 435 Å². The Hall–Kier alpha value is -2.14. The highest BCUT2D eigenvalue weighted by atomic mass is 16.6. The molecule has 0 aromatic rings. The molecule has 0 fully saturated rings. The van der Waals surface area contributed by atoms with Crippen molar-refractivity contribution in [2.45, 2.75) is 457 Å². The molecule has 0 aliphatic rings. The van der Waals surface area contributed by atoms with E-state index in [1.807, 2.05) is 0 Å². The molecule has 0 spiro atoms. The zero-order valence-corrected chi connectivity index (χ0v) is 59.8. The second-order valence-electron chi connectivity index (χ2n) is 27.5. The van der Waals surface area contributed by atoms with Gasteiger partial charge in [0.1, 0.15) is 6.61 Å². The fourth-order valence-corrected chi connectivity index (χ4v) is 12.7. The van der Waals surface area contributed by atoms with E-state index in [9.17, 15) is 14.7 Å². The standard InChI is InChI=1S/C83H156O5/c1-3-5-7-9-11-13-15-17-19-21-23-25-27-29-31-33-35-37-39-41-43-45-47-49-51-53-55-57-59-61-63-65-67-69-71-73-75-77-82(85)87-80-81(79-84)88-83(86)78-76-74-72-70-68-66-64-62-60-58-56-54-52-50-48-46-44-42-40-38-36-34-32-30-28-26-24-22-20-18-16-14-12-10-8-6-4-2/h6,8,12,14,18,20,24,26,81,84H,3-5,7,9-11,13,15-17,19,21-23,25,27-80H2,1-2H3/b8-6-,14-12-,20-18-,26-24-. The number of unbranched alkanes of at least 4 members (excludes halogenated alkanes) is 60. The van der Waals surface area contributed by atoms with Crippen LogP contribution in [0.2, 0.25) is 0 Å². The Labute approximate surface area is 551 Å². The highest BCUT2D eigenvalue weighted by Crippen LogP contribution is 2.20. The molecule has 0 aromatic carbocycles. The summed E-state index contributed by atoms with van der Waals surface area (Å²) in [4.78, 5) is 24.7. The molecule has 1 unspecified atom stereocenters. The fraction of sp³-hybridized carbons (Fsp3) is 0.880. The number of carbonyl (C=O) groups is 2. The molecule has 1 atom stereocenters. The van der Waals surface area contributed by atoms with Gasteiger partial charge in [-0.2, -0.15) is 0 Å². The summed E-state index contributed by atoms with van der Waals surface area (Å²) in [6.45, 7) is 4.10. The molecule has 5 heteroatoms. The van der Waals surface area contributed by atoms with E-state index in [-0.39, 0.29) is 25.2 Å². The maximum absolute atomic E-state index is 12.4. The van der Waals surface area contributed by atoms with E-state index in [4.69, 9.17) is 9.47 Å². The van der Waals surface area contributed by atoms with E-state index >= 15 is 0 Å². The number of ether oxygens (including phenoxy) is 2. The lowest BCUT2D eigenvalue weighted by Gasteiger charge is -2.15.